The lowest BCUT2D eigenvalue weighted by Crippen LogP contribution is -2.49. The molecule has 0 atom stereocenters. The number of hydrogen-bond acceptors (Lipinski definition) is 1. The summed E-state index contributed by atoms with van der Waals surface area (Å²) in [5.74, 6) is 3.10. The Labute approximate surface area is 173 Å². The SMILES string of the molecule is O=C([O+]=C1C=CC(=C2CCCCC2)c2ccccc21)C12CC3CC(CC(C3)C1)C2. The Bertz CT molecular complexity index is 902. The zero-order chi connectivity index (χ0) is 19.4. The molecule has 6 aliphatic carbocycles. The van der Waals surface area contributed by atoms with Crippen LogP contribution in [0.5, 0.6) is 0 Å². The van der Waals surface area contributed by atoms with Crippen LogP contribution in [0.3, 0.4) is 0 Å². The van der Waals surface area contributed by atoms with Crippen LogP contribution in [0.25, 0.3) is 5.57 Å². The minimum atomic E-state index is -0.202. The molecule has 1 aromatic carbocycles. The van der Waals surface area contributed by atoms with Gasteiger partial charge in [-0.1, -0.05) is 30.2 Å². The molecule has 0 radical (unpaired) electrons. The number of carbonyl (C=O) groups is 1. The first kappa shape index (κ1) is 17.9. The highest BCUT2D eigenvalue weighted by Crippen LogP contribution is 2.60. The van der Waals surface area contributed by atoms with Gasteiger partial charge in [-0.25, -0.2) is 0 Å². The Morgan fingerprint density at radius 2 is 1.45 bits per heavy atom. The summed E-state index contributed by atoms with van der Waals surface area (Å²) in [7, 11) is 0. The Hall–Kier alpha value is -1.96. The molecule has 0 N–H and O–H groups in total. The van der Waals surface area contributed by atoms with Gasteiger partial charge in [0.25, 0.3) is 5.78 Å². The van der Waals surface area contributed by atoms with E-state index < -0.39 is 0 Å². The first-order valence-corrected chi connectivity index (χ1v) is 11.8. The number of rotatable bonds is 1. The monoisotopic (exact) mass is 387 g/mol. The molecule has 6 aliphatic rings. The summed E-state index contributed by atoms with van der Waals surface area (Å²) in [6.45, 7) is 0. The largest absolute Gasteiger partial charge is 0.586 e. The normalized spacial score (nSPS) is 36.6. The van der Waals surface area contributed by atoms with E-state index in [1.54, 1.807) is 5.57 Å². The van der Waals surface area contributed by atoms with E-state index in [0.29, 0.717) is 0 Å². The average molecular weight is 388 g/mol. The molecule has 29 heavy (non-hydrogen) atoms. The second-order valence-corrected chi connectivity index (χ2v) is 10.4. The summed E-state index contributed by atoms with van der Waals surface area (Å²) in [6.07, 6.45) is 17.9. The molecular formula is C27H31O2+. The highest BCUT2D eigenvalue weighted by molar-refractivity contribution is 6.14. The van der Waals surface area contributed by atoms with Gasteiger partial charge in [-0.3, -0.25) is 4.42 Å². The Balaban J connectivity index is 1.36. The maximum absolute atomic E-state index is 13.5. The smallest absolute Gasteiger partial charge is 0.271 e. The maximum Gasteiger partial charge on any atom is 0.586 e. The van der Waals surface area contributed by atoms with E-state index >= 15 is 0 Å². The van der Waals surface area contributed by atoms with Crippen molar-refractivity contribution < 1.29 is 9.22 Å². The highest BCUT2D eigenvalue weighted by Gasteiger charge is 2.60. The zero-order valence-electron chi connectivity index (χ0n) is 17.3. The maximum atomic E-state index is 13.5. The van der Waals surface area contributed by atoms with E-state index in [-0.39, 0.29) is 11.4 Å². The van der Waals surface area contributed by atoms with Crippen LogP contribution >= 0.6 is 0 Å². The van der Waals surface area contributed by atoms with E-state index in [1.807, 2.05) is 0 Å². The van der Waals surface area contributed by atoms with Crippen molar-refractivity contribution in [1.29, 1.82) is 0 Å². The molecule has 0 spiro atoms. The second kappa shape index (κ2) is 6.79. The van der Waals surface area contributed by atoms with Gasteiger partial charge < -0.3 is 0 Å². The van der Waals surface area contributed by atoms with Crippen LogP contribution in [0.4, 0.5) is 0 Å². The Morgan fingerprint density at radius 1 is 0.828 bits per heavy atom. The lowest BCUT2D eigenvalue weighted by atomic mass is 9.49. The first-order valence-electron chi connectivity index (χ1n) is 11.8. The molecule has 1 aromatic rings. The van der Waals surface area contributed by atoms with Crippen molar-refractivity contribution in [2.24, 2.45) is 23.2 Å². The summed E-state index contributed by atoms with van der Waals surface area (Å²) in [5, 5.41) is 0. The average Bonchev–Trinajstić information content (AvgIpc) is 2.73. The second-order valence-electron chi connectivity index (χ2n) is 10.4. The van der Waals surface area contributed by atoms with Gasteiger partial charge in [0.05, 0.1) is 5.56 Å². The standard InChI is InChI=1S/C27H31O2/c28-26(27-15-18-12-19(16-27)14-20(13-18)17-27)29-25-11-10-22(21-6-2-1-3-7-21)23-8-4-5-9-24(23)25/h4-5,8-11,18-20H,1-3,6-7,12-17H2/q+1. The number of fused-ring (bicyclic) bond motifs is 1. The summed E-state index contributed by atoms with van der Waals surface area (Å²) in [5.41, 5.74) is 5.09. The fourth-order valence-electron chi connectivity index (χ4n) is 7.49. The van der Waals surface area contributed by atoms with Crippen molar-refractivity contribution in [1.82, 2.24) is 0 Å². The minimum Gasteiger partial charge on any atom is -0.271 e. The molecule has 0 aliphatic heterocycles. The topological polar surface area (TPSA) is 28.4 Å². The van der Waals surface area contributed by atoms with Gasteiger partial charge in [0, 0.05) is 10.9 Å². The minimum absolute atomic E-state index is 0.0554. The third kappa shape index (κ3) is 2.98. The summed E-state index contributed by atoms with van der Waals surface area (Å²) in [4.78, 5) is 13.5. The van der Waals surface area contributed by atoms with Gasteiger partial charge in [-0.2, -0.15) is 0 Å². The van der Waals surface area contributed by atoms with Crippen LogP contribution in [0.15, 0.2) is 42.0 Å². The van der Waals surface area contributed by atoms with Crippen molar-refractivity contribution in [2.75, 3.05) is 0 Å². The fraction of sp³-hybridized carbons (Fsp3) is 0.556. The molecule has 2 heteroatoms. The molecule has 0 unspecified atom stereocenters. The predicted molar refractivity (Wildman–Crippen MR) is 116 cm³/mol. The Kier molecular flexibility index (Phi) is 4.18. The third-order valence-electron chi connectivity index (χ3n) is 8.40. The zero-order valence-corrected chi connectivity index (χ0v) is 17.3. The molecule has 0 aromatic heterocycles. The van der Waals surface area contributed by atoms with Gasteiger partial charge in [0.1, 0.15) is 5.41 Å². The van der Waals surface area contributed by atoms with Gasteiger partial charge in [-0.15, -0.1) is 0 Å². The predicted octanol–water partition coefficient (Wildman–Crippen LogP) is 6.44. The highest BCUT2D eigenvalue weighted by atomic mass is 16.5. The fourth-order valence-corrected chi connectivity index (χ4v) is 7.49. The molecule has 4 bridgehead atoms. The van der Waals surface area contributed by atoms with E-state index in [4.69, 9.17) is 4.42 Å². The lowest BCUT2D eigenvalue weighted by molar-refractivity contribution is -0.270. The summed E-state index contributed by atoms with van der Waals surface area (Å²) in [6, 6.07) is 8.51. The van der Waals surface area contributed by atoms with Crippen LogP contribution in [0.2, 0.25) is 0 Å². The Morgan fingerprint density at radius 3 is 2.10 bits per heavy atom. The molecule has 0 heterocycles. The molecule has 5 saturated carbocycles. The van der Waals surface area contributed by atoms with Gasteiger partial charge in [0.2, 0.25) is 0 Å². The van der Waals surface area contributed by atoms with Crippen LogP contribution in [-0.4, -0.2) is 11.8 Å². The van der Waals surface area contributed by atoms with Crippen molar-refractivity contribution in [3.05, 3.63) is 53.1 Å². The van der Waals surface area contributed by atoms with Crippen molar-refractivity contribution in [3.63, 3.8) is 0 Å². The van der Waals surface area contributed by atoms with Crippen molar-refractivity contribution >= 4 is 17.3 Å². The van der Waals surface area contributed by atoms with Gasteiger partial charge >= 0.3 is 5.97 Å². The quantitative estimate of drug-likeness (QED) is 0.510. The van der Waals surface area contributed by atoms with Crippen LogP contribution in [0, 0.1) is 23.2 Å². The number of allylic oxidation sites excluding steroid dienone is 4. The van der Waals surface area contributed by atoms with E-state index in [9.17, 15) is 4.79 Å². The lowest BCUT2D eigenvalue weighted by Gasteiger charge is -2.52. The third-order valence-corrected chi connectivity index (χ3v) is 8.40. The van der Waals surface area contributed by atoms with Gasteiger partial charge in [0.15, 0.2) is 0 Å². The number of hydrogen-bond donors (Lipinski definition) is 0. The first-order chi connectivity index (χ1) is 14.2. The molecule has 2 nitrogen and oxygen atoms in total. The van der Waals surface area contributed by atoms with Crippen LogP contribution < -0.4 is 0 Å². The summed E-state index contributed by atoms with van der Waals surface area (Å²) >= 11 is 0. The van der Waals surface area contributed by atoms with E-state index in [2.05, 4.69) is 36.4 Å². The number of ketones is 1. The van der Waals surface area contributed by atoms with Crippen molar-refractivity contribution in [3.8, 4) is 0 Å². The summed E-state index contributed by atoms with van der Waals surface area (Å²) < 4.78 is 6.21. The number of carbonyl (C=O) groups excluding carboxylic acids is 2. The van der Waals surface area contributed by atoms with E-state index in [1.165, 1.54) is 62.5 Å². The molecule has 5 fully saturated rings. The van der Waals surface area contributed by atoms with Gasteiger partial charge in [-0.05, 0) is 105 Å². The molecule has 0 amide bonds. The van der Waals surface area contributed by atoms with Crippen molar-refractivity contribution in [2.45, 2.75) is 70.6 Å². The van der Waals surface area contributed by atoms with Crippen LogP contribution in [-0.2, 0) is 4.79 Å². The van der Waals surface area contributed by atoms with E-state index in [0.717, 1.165) is 48.4 Å². The number of benzene rings is 1. The molecular weight excluding hydrogens is 356 g/mol. The van der Waals surface area contributed by atoms with Crippen LogP contribution in [0.1, 0.15) is 86.2 Å². The molecule has 7 rings (SSSR count). The molecule has 150 valence electrons. The molecule has 0 saturated heterocycles.